The maximum Gasteiger partial charge on any atom is 0.279 e. The molecule has 0 aliphatic heterocycles. The number of hydrogen-bond donors (Lipinski definition) is 1. The van der Waals surface area contributed by atoms with Crippen molar-refractivity contribution in [2.24, 2.45) is 0 Å². The maximum atomic E-state index is 11.8. The molecule has 0 aromatic heterocycles. The van der Waals surface area contributed by atoms with Gasteiger partial charge in [0.15, 0.2) is 5.83 Å². The van der Waals surface area contributed by atoms with Crippen molar-refractivity contribution in [2.45, 2.75) is 13.3 Å². The Kier molecular flexibility index (Phi) is 3.67. The largest absolute Gasteiger partial charge is 0.350 e. The topological polar surface area (TPSA) is 29.1 Å². The van der Waals surface area contributed by atoms with Gasteiger partial charge in [-0.2, -0.15) is 0 Å². The van der Waals surface area contributed by atoms with Gasteiger partial charge < -0.3 is 5.32 Å². The van der Waals surface area contributed by atoms with Crippen molar-refractivity contribution in [3.05, 3.63) is 12.4 Å². The molecule has 0 radical (unpaired) electrons. The molecule has 1 amide bonds. The first kappa shape index (κ1) is 8.14. The van der Waals surface area contributed by atoms with E-state index >= 15 is 0 Å². The molecule has 9 heavy (non-hydrogen) atoms. The van der Waals surface area contributed by atoms with Crippen molar-refractivity contribution in [2.75, 3.05) is 6.54 Å². The van der Waals surface area contributed by atoms with Crippen molar-refractivity contribution in [1.29, 1.82) is 0 Å². The highest BCUT2D eigenvalue weighted by Gasteiger charge is 2.01. The Labute approximate surface area is 53.8 Å². The van der Waals surface area contributed by atoms with Crippen molar-refractivity contribution in [1.82, 2.24) is 5.32 Å². The minimum Gasteiger partial charge on any atom is -0.350 e. The van der Waals surface area contributed by atoms with Crippen LogP contribution in [0.2, 0.25) is 0 Å². The smallest absolute Gasteiger partial charge is 0.279 e. The third-order valence-electron chi connectivity index (χ3n) is 0.782. The zero-order valence-corrected chi connectivity index (χ0v) is 5.41. The maximum absolute atomic E-state index is 11.8. The Bertz CT molecular complexity index is 122. The summed E-state index contributed by atoms with van der Waals surface area (Å²) in [7, 11) is 0. The number of halogens is 1. The molecule has 0 fully saturated rings. The quantitative estimate of drug-likeness (QED) is 0.569. The molecule has 2 nitrogen and oxygen atoms in total. The second kappa shape index (κ2) is 4.06. The summed E-state index contributed by atoms with van der Waals surface area (Å²) < 4.78 is 11.8. The number of carbonyl (C=O) groups is 1. The molecule has 3 heteroatoms. The van der Waals surface area contributed by atoms with E-state index in [1.807, 2.05) is 6.92 Å². The SMILES string of the molecule is C=C(F)C(=O)NCCC. The van der Waals surface area contributed by atoms with Crippen molar-refractivity contribution in [3.63, 3.8) is 0 Å². The number of rotatable bonds is 3. The number of carbonyl (C=O) groups excluding carboxylic acids is 1. The number of hydrogen-bond acceptors (Lipinski definition) is 1. The predicted molar refractivity (Wildman–Crippen MR) is 33.5 cm³/mol. The number of nitrogens with one attached hydrogen (secondary N) is 1. The van der Waals surface area contributed by atoms with E-state index in [4.69, 9.17) is 0 Å². The molecule has 0 aromatic rings. The third kappa shape index (κ3) is 3.70. The van der Waals surface area contributed by atoms with E-state index < -0.39 is 11.7 Å². The summed E-state index contributed by atoms with van der Waals surface area (Å²) in [5.74, 6) is -1.64. The first-order valence-corrected chi connectivity index (χ1v) is 2.81. The third-order valence-corrected chi connectivity index (χ3v) is 0.782. The minimum absolute atomic E-state index is 0.502. The fraction of sp³-hybridized carbons (Fsp3) is 0.500. The van der Waals surface area contributed by atoms with Crippen LogP contribution in [-0.4, -0.2) is 12.5 Å². The number of amides is 1. The molecule has 0 aromatic carbocycles. The lowest BCUT2D eigenvalue weighted by Crippen LogP contribution is -2.23. The van der Waals surface area contributed by atoms with Gasteiger partial charge in [0.25, 0.3) is 5.91 Å². The fourth-order valence-electron chi connectivity index (χ4n) is 0.334. The van der Waals surface area contributed by atoms with Gasteiger partial charge in [-0.15, -0.1) is 0 Å². The summed E-state index contributed by atoms with van der Waals surface area (Å²) in [6.07, 6.45) is 0.805. The van der Waals surface area contributed by atoms with Crippen LogP contribution in [0.1, 0.15) is 13.3 Å². The zero-order valence-electron chi connectivity index (χ0n) is 5.41. The molecule has 0 saturated carbocycles. The van der Waals surface area contributed by atoms with Crippen LogP contribution in [0.3, 0.4) is 0 Å². The minimum atomic E-state index is -0.927. The van der Waals surface area contributed by atoms with Crippen molar-refractivity contribution >= 4 is 5.91 Å². The zero-order chi connectivity index (χ0) is 7.28. The normalized spacial score (nSPS) is 8.67. The van der Waals surface area contributed by atoms with E-state index in [1.54, 1.807) is 0 Å². The highest BCUT2D eigenvalue weighted by Crippen LogP contribution is 1.88. The van der Waals surface area contributed by atoms with Crippen LogP contribution in [0.25, 0.3) is 0 Å². The van der Waals surface area contributed by atoms with Gasteiger partial charge in [-0.25, -0.2) is 4.39 Å². The summed E-state index contributed by atoms with van der Waals surface area (Å²) in [6.45, 7) is 5.22. The Morgan fingerprint density at radius 3 is 2.67 bits per heavy atom. The summed E-state index contributed by atoms with van der Waals surface area (Å²) in [5, 5.41) is 2.32. The molecule has 0 aliphatic carbocycles. The van der Waals surface area contributed by atoms with Crippen LogP contribution in [0.4, 0.5) is 4.39 Å². The molecule has 0 aliphatic rings. The molecule has 0 saturated heterocycles. The fourth-order valence-corrected chi connectivity index (χ4v) is 0.334. The monoisotopic (exact) mass is 131 g/mol. The predicted octanol–water partition coefficient (Wildman–Crippen LogP) is 0.996. The summed E-state index contributed by atoms with van der Waals surface area (Å²) in [4.78, 5) is 10.3. The van der Waals surface area contributed by atoms with E-state index in [0.717, 1.165) is 6.42 Å². The highest BCUT2D eigenvalue weighted by molar-refractivity contribution is 5.90. The first-order valence-electron chi connectivity index (χ1n) is 2.81. The molecule has 0 rings (SSSR count). The van der Waals surface area contributed by atoms with Gasteiger partial charge in [0.1, 0.15) is 0 Å². The summed E-state index contributed by atoms with van der Waals surface area (Å²) >= 11 is 0. The standard InChI is InChI=1S/C6H10FNO/c1-3-4-8-6(9)5(2)7/h2-4H2,1H3,(H,8,9). The van der Waals surface area contributed by atoms with Gasteiger partial charge in [-0.05, 0) is 6.42 Å². The van der Waals surface area contributed by atoms with Gasteiger partial charge >= 0.3 is 0 Å². The van der Waals surface area contributed by atoms with E-state index in [-0.39, 0.29) is 0 Å². The van der Waals surface area contributed by atoms with Gasteiger partial charge in [-0.3, -0.25) is 4.79 Å². The molecule has 1 N–H and O–H groups in total. The van der Waals surface area contributed by atoms with E-state index in [1.165, 1.54) is 0 Å². The molecule has 0 spiro atoms. The Hall–Kier alpha value is -0.860. The van der Waals surface area contributed by atoms with Gasteiger partial charge in [0.2, 0.25) is 0 Å². The van der Waals surface area contributed by atoms with Crippen molar-refractivity contribution < 1.29 is 9.18 Å². The van der Waals surface area contributed by atoms with Crippen LogP contribution in [0, 0.1) is 0 Å². The average molecular weight is 131 g/mol. The molecule has 52 valence electrons. The van der Waals surface area contributed by atoms with Gasteiger partial charge in [-0.1, -0.05) is 13.5 Å². The molecule has 0 unspecified atom stereocenters. The highest BCUT2D eigenvalue weighted by atomic mass is 19.1. The lowest BCUT2D eigenvalue weighted by molar-refractivity contribution is -0.118. The van der Waals surface area contributed by atoms with Crippen LogP contribution in [0.15, 0.2) is 12.4 Å². The summed E-state index contributed by atoms with van der Waals surface area (Å²) in [5.41, 5.74) is 0. The second-order valence-electron chi connectivity index (χ2n) is 1.66. The Morgan fingerprint density at radius 2 is 2.33 bits per heavy atom. The van der Waals surface area contributed by atoms with Crippen LogP contribution < -0.4 is 5.32 Å². The lowest BCUT2D eigenvalue weighted by Gasteiger charge is -1.97. The molecule has 0 atom stereocenters. The first-order chi connectivity index (χ1) is 4.18. The van der Waals surface area contributed by atoms with Crippen LogP contribution >= 0.6 is 0 Å². The molecular formula is C6H10FNO. The van der Waals surface area contributed by atoms with Gasteiger partial charge in [0.05, 0.1) is 0 Å². The van der Waals surface area contributed by atoms with E-state index in [0.29, 0.717) is 6.54 Å². The summed E-state index contributed by atoms with van der Waals surface area (Å²) in [6, 6.07) is 0. The Morgan fingerprint density at radius 1 is 1.78 bits per heavy atom. The molecule has 0 heterocycles. The van der Waals surface area contributed by atoms with Crippen molar-refractivity contribution in [3.8, 4) is 0 Å². The molecule has 0 bridgehead atoms. The second-order valence-corrected chi connectivity index (χ2v) is 1.66. The van der Waals surface area contributed by atoms with Crippen LogP contribution in [0.5, 0.6) is 0 Å². The van der Waals surface area contributed by atoms with E-state index in [9.17, 15) is 9.18 Å². The average Bonchev–Trinajstić information content (AvgIpc) is 1.82. The van der Waals surface area contributed by atoms with E-state index in [2.05, 4.69) is 11.9 Å². The van der Waals surface area contributed by atoms with Crippen LogP contribution in [-0.2, 0) is 4.79 Å². The molecular weight excluding hydrogens is 121 g/mol. The van der Waals surface area contributed by atoms with Gasteiger partial charge in [0, 0.05) is 6.54 Å². The lowest BCUT2D eigenvalue weighted by atomic mass is 10.4. The Balaban J connectivity index is 3.39.